The largest absolute Gasteiger partial charge is 0.418 e. The number of hydrogen-bond donors (Lipinski definition) is 4. The summed E-state index contributed by atoms with van der Waals surface area (Å²) in [6.07, 6.45) is 4.96. The molecule has 14 heteroatoms. The van der Waals surface area contributed by atoms with Gasteiger partial charge in [-0.1, -0.05) is 0 Å². The Kier molecular flexibility index (Phi) is 7.09. The van der Waals surface area contributed by atoms with Crippen LogP contribution < -0.4 is 16.7 Å². The number of aryl methyl sites for hydroxylation is 1. The van der Waals surface area contributed by atoms with Crippen molar-refractivity contribution in [3.8, 4) is 0 Å². The maximum Gasteiger partial charge on any atom is 0.418 e. The third-order valence-electron chi connectivity index (χ3n) is 3.93. The van der Waals surface area contributed by atoms with Gasteiger partial charge in [0.2, 0.25) is 0 Å². The molecule has 1 aliphatic heterocycles. The highest BCUT2D eigenvalue weighted by atomic mass is 32.3. The maximum atomic E-state index is 12.3. The number of nitrogens with zero attached hydrogens (tertiary/aromatic N) is 3. The lowest BCUT2D eigenvalue weighted by atomic mass is 10.0. The number of urea groups is 1. The quantitative estimate of drug-likeness (QED) is 0.318. The van der Waals surface area contributed by atoms with Crippen LogP contribution in [0.3, 0.4) is 0 Å². The molecule has 2 rings (SSSR count). The molecule has 1 unspecified atom stereocenters. The molecular formula is C13H22N6O7S. The number of likely N-dealkylation sites (tertiary alicyclic amines) is 1. The van der Waals surface area contributed by atoms with Crippen LogP contribution >= 0.6 is 0 Å². The van der Waals surface area contributed by atoms with E-state index in [9.17, 15) is 18.0 Å². The smallest absolute Gasteiger partial charge is 0.337 e. The van der Waals surface area contributed by atoms with Crippen molar-refractivity contribution in [2.75, 3.05) is 13.2 Å². The first-order valence-corrected chi connectivity index (χ1v) is 9.42. The molecule has 0 radical (unpaired) electrons. The summed E-state index contributed by atoms with van der Waals surface area (Å²) >= 11 is 0. The molecular weight excluding hydrogens is 384 g/mol. The number of rotatable bonds is 7. The number of nitrogens with two attached hydrogens (primary N) is 1. The van der Waals surface area contributed by atoms with Gasteiger partial charge in [-0.3, -0.25) is 14.2 Å². The average Bonchev–Trinajstić information content (AvgIpc) is 3.05. The highest BCUT2D eigenvalue weighted by Gasteiger charge is 2.33. The number of imidazole rings is 1. The van der Waals surface area contributed by atoms with Crippen LogP contribution in [0.5, 0.6) is 0 Å². The molecule has 0 aliphatic carbocycles. The van der Waals surface area contributed by atoms with Crippen molar-refractivity contribution in [2.24, 2.45) is 12.8 Å². The number of nitrogens with one attached hydrogen (secondary N) is 2. The summed E-state index contributed by atoms with van der Waals surface area (Å²) in [4.78, 5) is 34.6. The van der Waals surface area contributed by atoms with Crippen LogP contribution in [0, 0.1) is 0 Å². The third kappa shape index (κ3) is 6.14. The molecule has 13 nitrogen and oxygen atoms in total. The third-order valence-corrected chi connectivity index (χ3v) is 4.22. The predicted octanol–water partition coefficient (Wildman–Crippen LogP) is -1.23. The summed E-state index contributed by atoms with van der Waals surface area (Å²) in [5.74, 6) is -0.0194. The van der Waals surface area contributed by atoms with Crippen LogP contribution in [0.2, 0.25) is 0 Å². The predicted molar refractivity (Wildman–Crippen MR) is 89.7 cm³/mol. The number of hydroxylamine groups is 2. The van der Waals surface area contributed by atoms with Crippen molar-refractivity contribution in [2.45, 2.75) is 31.3 Å². The van der Waals surface area contributed by atoms with Gasteiger partial charge in [-0.2, -0.15) is 13.9 Å². The Hall–Kier alpha value is -2.26. The zero-order valence-electron chi connectivity index (χ0n) is 14.6. The molecule has 1 saturated heterocycles. The molecule has 1 aliphatic rings. The lowest BCUT2D eigenvalue weighted by Gasteiger charge is -2.33. The Morgan fingerprint density at radius 2 is 2.19 bits per heavy atom. The standard InChI is InChI=1S/C13H22N6O7S/c1-18-7-5-15-11(18)9(14)8-25-16-12(20)10-4-2-3-6-19(10)13(21)17-26-27(22,23)24/h5,7,9-10H,2-4,6,8,14H2,1H3,(H,16,20)(H,17,21)(H,22,23,24)/t9?,10-/m0/s1. The van der Waals surface area contributed by atoms with E-state index in [1.54, 1.807) is 29.5 Å². The van der Waals surface area contributed by atoms with E-state index in [0.29, 0.717) is 25.1 Å². The van der Waals surface area contributed by atoms with Gasteiger partial charge in [0.1, 0.15) is 11.9 Å². The normalized spacial score (nSPS) is 18.8. The molecule has 3 amide bonds. The lowest BCUT2D eigenvalue weighted by Crippen LogP contribution is -2.55. The second-order valence-corrected chi connectivity index (χ2v) is 6.93. The lowest BCUT2D eigenvalue weighted by molar-refractivity contribution is -0.139. The van der Waals surface area contributed by atoms with E-state index in [4.69, 9.17) is 15.1 Å². The van der Waals surface area contributed by atoms with Crippen LogP contribution in [0.15, 0.2) is 12.4 Å². The van der Waals surface area contributed by atoms with Crippen LogP contribution in [0.1, 0.15) is 31.1 Å². The zero-order chi connectivity index (χ0) is 20.0. The van der Waals surface area contributed by atoms with E-state index >= 15 is 0 Å². The molecule has 5 N–H and O–H groups in total. The molecule has 0 aromatic carbocycles. The summed E-state index contributed by atoms with van der Waals surface area (Å²) in [6, 6.07) is -2.44. The van der Waals surface area contributed by atoms with E-state index in [0.717, 1.165) is 4.90 Å². The molecule has 1 fully saturated rings. The number of aromatic nitrogens is 2. The van der Waals surface area contributed by atoms with Gasteiger partial charge in [0, 0.05) is 26.0 Å². The molecule has 2 atom stereocenters. The fraction of sp³-hybridized carbons (Fsp3) is 0.615. The summed E-state index contributed by atoms with van der Waals surface area (Å²) in [6.45, 7) is 0.160. The van der Waals surface area contributed by atoms with Gasteiger partial charge < -0.3 is 15.2 Å². The van der Waals surface area contributed by atoms with Gasteiger partial charge in [0.15, 0.2) is 0 Å². The van der Waals surface area contributed by atoms with Gasteiger partial charge in [-0.15, -0.1) is 4.28 Å². The Balaban J connectivity index is 1.86. The van der Waals surface area contributed by atoms with Gasteiger partial charge in [0.25, 0.3) is 5.91 Å². The minimum atomic E-state index is -4.85. The Morgan fingerprint density at radius 3 is 2.81 bits per heavy atom. The number of carbonyl (C=O) groups excluding carboxylic acids is 2. The first-order valence-electron chi connectivity index (χ1n) is 8.06. The number of piperidine rings is 1. The van der Waals surface area contributed by atoms with E-state index in [-0.39, 0.29) is 13.2 Å². The fourth-order valence-corrected chi connectivity index (χ4v) is 2.85. The van der Waals surface area contributed by atoms with E-state index < -0.39 is 34.4 Å². The topological polar surface area (TPSA) is 178 Å². The SMILES string of the molecule is Cn1ccnc1C(N)CONC(=O)[C@@H]1CCCCN1C(=O)NOS(=O)(=O)O. The first kappa shape index (κ1) is 21.0. The summed E-state index contributed by atoms with van der Waals surface area (Å²) < 4.78 is 35.1. The van der Waals surface area contributed by atoms with Crippen LogP contribution in [-0.4, -0.2) is 58.6 Å². The second kappa shape index (κ2) is 9.09. The summed E-state index contributed by atoms with van der Waals surface area (Å²) in [5.41, 5.74) is 9.74. The Morgan fingerprint density at radius 1 is 1.44 bits per heavy atom. The molecule has 2 heterocycles. The van der Waals surface area contributed by atoms with Crippen molar-refractivity contribution in [3.05, 3.63) is 18.2 Å². The van der Waals surface area contributed by atoms with Gasteiger partial charge in [-0.05, 0) is 19.3 Å². The highest BCUT2D eigenvalue weighted by molar-refractivity contribution is 7.80. The fourth-order valence-electron chi connectivity index (χ4n) is 2.67. The summed E-state index contributed by atoms with van der Waals surface area (Å²) in [7, 11) is -3.08. The molecule has 1 aromatic heterocycles. The van der Waals surface area contributed by atoms with Gasteiger partial charge in [0.05, 0.1) is 12.6 Å². The second-order valence-electron chi connectivity index (χ2n) is 5.90. The number of carbonyl (C=O) groups is 2. The zero-order valence-corrected chi connectivity index (χ0v) is 15.4. The highest BCUT2D eigenvalue weighted by Crippen LogP contribution is 2.17. The monoisotopic (exact) mass is 406 g/mol. The van der Waals surface area contributed by atoms with Gasteiger partial charge >= 0.3 is 16.4 Å². The molecule has 0 bridgehead atoms. The molecule has 152 valence electrons. The van der Waals surface area contributed by atoms with Gasteiger partial charge in [-0.25, -0.2) is 15.3 Å². The number of hydrogen-bond acceptors (Lipinski definition) is 8. The Labute approximate surface area is 155 Å². The molecule has 0 saturated carbocycles. The van der Waals surface area contributed by atoms with Crippen molar-refractivity contribution in [1.82, 2.24) is 25.4 Å². The van der Waals surface area contributed by atoms with E-state index in [2.05, 4.69) is 14.7 Å². The Bertz CT molecular complexity index is 767. The van der Waals surface area contributed by atoms with Crippen molar-refractivity contribution in [1.29, 1.82) is 0 Å². The van der Waals surface area contributed by atoms with Crippen LogP contribution in [-0.2, 0) is 31.4 Å². The van der Waals surface area contributed by atoms with Crippen molar-refractivity contribution >= 4 is 22.3 Å². The van der Waals surface area contributed by atoms with Crippen molar-refractivity contribution in [3.63, 3.8) is 0 Å². The maximum absolute atomic E-state index is 12.3. The molecule has 27 heavy (non-hydrogen) atoms. The molecule has 1 aromatic rings. The van der Waals surface area contributed by atoms with Crippen LogP contribution in [0.25, 0.3) is 0 Å². The average molecular weight is 406 g/mol. The minimum absolute atomic E-state index is 0.0403. The molecule has 0 spiro atoms. The van der Waals surface area contributed by atoms with E-state index in [1.165, 1.54) is 0 Å². The van der Waals surface area contributed by atoms with Crippen molar-refractivity contribution < 1.29 is 31.7 Å². The first-order chi connectivity index (χ1) is 12.7. The van der Waals surface area contributed by atoms with Crippen LogP contribution in [0.4, 0.5) is 4.79 Å². The number of amides is 3. The summed E-state index contributed by atoms with van der Waals surface area (Å²) in [5, 5.41) is 0. The minimum Gasteiger partial charge on any atom is -0.337 e. The van der Waals surface area contributed by atoms with E-state index in [1.807, 2.05) is 0 Å².